The van der Waals surface area contributed by atoms with Gasteiger partial charge in [-0.25, -0.2) is 4.98 Å². The molecule has 5 rings (SSSR count). The molecule has 3 aromatic rings. The van der Waals surface area contributed by atoms with E-state index in [1.165, 1.54) is 27.0 Å². The number of hydrogen-bond donors (Lipinski definition) is 0. The minimum absolute atomic E-state index is 0.0424. The predicted octanol–water partition coefficient (Wildman–Crippen LogP) is 3.32. The highest BCUT2D eigenvalue weighted by atomic mass is 32.1. The van der Waals surface area contributed by atoms with Crippen molar-refractivity contribution in [2.24, 2.45) is 0 Å². The van der Waals surface area contributed by atoms with Gasteiger partial charge in [0.1, 0.15) is 11.4 Å². The molecule has 1 amide bonds. The standard InChI is InChI=1S/C21H21N3O2S/c25-18(24-11-5-7-14-6-1-3-9-16(14)24)12-23-13-22-20-19(21(23)26)15-8-2-4-10-17(15)27-20/h1,3,6,9,13H,2,4-5,7-8,10-12H2. The molecule has 0 saturated carbocycles. The first-order valence-corrected chi connectivity index (χ1v) is 10.4. The lowest BCUT2D eigenvalue weighted by molar-refractivity contribution is -0.119. The van der Waals surface area contributed by atoms with Gasteiger partial charge >= 0.3 is 0 Å². The average molecular weight is 379 g/mol. The van der Waals surface area contributed by atoms with Crippen LogP contribution in [0.25, 0.3) is 10.2 Å². The molecule has 27 heavy (non-hydrogen) atoms. The van der Waals surface area contributed by atoms with E-state index in [1.54, 1.807) is 17.7 Å². The molecule has 0 spiro atoms. The van der Waals surface area contributed by atoms with Crippen LogP contribution in [0.2, 0.25) is 0 Å². The van der Waals surface area contributed by atoms with Crippen LogP contribution in [-0.4, -0.2) is 22.0 Å². The lowest BCUT2D eigenvalue weighted by Gasteiger charge is -2.29. The van der Waals surface area contributed by atoms with Gasteiger partial charge in [0.2, 0.25) is 5.91 Å². The first-order valence-electron chi connectivity index (χ1n) is 9.60. The maximum Gasteiger partial charge on any atom is 0.262 e. The summed E-state index contributed by atoms with van der Waals surface area (Å²) in [6.45, 7) is 0.745. The molecule has 0 atom stereocenters. The second-order valence-corrected chi connectivity index (χ2v) is 8.43. The Hall–Kier alpha value is -2.47. The second kappa shape index (κ2) is 6.60. The Bertz CT molecular complexity index is 1100. The zero-order valence-electron chi connectivity index (χ0n) is 15.1. The number of nitrogens with zero attached hydrogens (tertiary/aromatic N) is 3. The molecule has 0 unspecified atom stereocenters. The summed E-state index contributed by atoms with van der Waals surface area (Å²) < 4.78 is 1.49. The van der Waals surface area contributed by atoms with Crippen LogP contribution in [0.4, 0.5) is 5.69 Å². The van der Waals surface area contributed by atoms with Crippen LogP contribution in [0, 0.1) is 0 Å². The van der Waals surface area contributed by atoms with Crippen LogP contribution in [-0.2, 0) is 30.6 Å². The number of rotatable bonds is 2. The highest BCUT2D eigenvalue weighted by Crippen LogP contribution is 2.33. The largest absolute Gasteiger partial charge is 0.311 e. The van der Waals surface area contributed by atoms with Crippen LogP contribution in [0.5, 0.6) is 0 Å². The highest BCUT2D eigenvalue weighted by Gasteiger charge is 2.24. The van der Waals surface area contributed by atoms with Crippen molar-refractivity contribution in [2.45, 2.75) is 45.1 Å². The van der Waals surface area contributed by atoms with Gasteiger partial charge in [-0.3, -0.25) is 14.2 Å². The summed E-state index contributed by atoms with van der Waals surface area (Å²) in [6, 6.07) is 8.04. The molecular weight excluding hydrogens is 358 g/mol. The number of carbonyl (C=O) groups is 1. The third-order valence-corrected chi connectivity index (χ3v) is 6.86. The second-order valence-electron chi connectivity index (χ2n) is 7.35. The van der Waals surface area contributed by atoms with Crippen molar-refractivity contribution in [3.05, 3.63) is 57.0 Å². The average Bonchev–Trinajstić information content (AvgIpc) is 3.09. The van der Waals surface area contributed by atoms with Crippen molar-refractivity contribution in [1.82, 2.24) is 9.55 Å². The van der Waals surface area contributed by atoms with E-state index >= 15 is 0 Å². The van der Waals surface area contributed by atoms with E-state index in [1.807, 2.05) is 23.1 Å². The first-order chi connectivity index (χ1) is 13.2. The number of para-hydroxylation sites is 1. The molecule has 2 aliphatic rings. The zero-order chi connectivity index (χ0) is 18.4. The number of hydrogen-bond acceptors (Lipinski definition) is 4. The SMILES string of the molecule is O=C(Cn1cnc2sc3c(c2c1=O)CCCC3)N1CCCc2ccccc21. The molecule has 0 N–H and O–H groups in total. The molecule has 0 radical (unpaired) electrons. The Morgan fingerprint density at radius 3 is 2.89 bits per heavy atom. The van der Waals surface area contributed by atoms with Crippen LogP contribution in [0.3, 0.4) is 0 Å². The number of benzene rings is 1. The van der Waals surface area contributed by atoms with Gasteiger partial charge in [0, 0.05) is 17.1 Å². The van der Waals surface area contributed by atoms with Gasteiger partial charge in [0.25, 0.3) is 5.56 Å². The third-order valence-electron chi connectivity index (χ3n) is 5.66. The normalized spacial score (nSPS) is 16.2. The number of anilines is 1. The Balaban J connectivity index is 1.49. The Kier molecular flexibility index (Phi) is 4.08. The van der Waals surface area contributed by atoms with Crippen molar-refractivity contribution in [1.29, 1.82) is 0 Å². The van der Waals surface area contributed by atoms with Gasteiger partial charge < -0.3 is 4.90 Å². The molecular formula is C21H21N3O2S. The minimum atomic E-state index is -0.0713. The smallest absolute Gasteiger partial charge is 0.262 e. The molecule has 0 saturated heterocycles. The summed E-state index contributed by atoms with van der Waals surface area (Å²) in [7, 11) is 0. The first kappa shape index (κ1) is 16.7. The van der Waals surface area contributed by atoms with Crippen molar-refractivity contribution in [3.63, 3.8) is 0 Å². The molecule has 138 valence electrons. The lowest BCUT2D eigenvalue weighted by Crippen LogP contribution is -2.39. The predicted molar refractivity (Wildman–Crippen MR) is 108 cm³/mol. The molecule has 0 bridgehead atoms. The van der Waals surface area contributed by atoms with E-state index in [2.05, 4.69) is 11.1 Å². The molecule has 3 heterocycles. The third kappa shape index (κ3) is 2.79. The quantitative estimate of drug-likeness (QED) is 0.686. The monoisotopic (exact) mass is 379 g/mol. The maximum absolute atomic E-state index is 13.1. The van der Waals surface area contributed by atoms with E-state index in [-0.39, 0.29) is 18.0 Å². The van der Waals surface area contributed by atoms with Gasteiger partial charge in [-0.2, -0.15) is 0 Å². The van der Waals surface area contributed by atoms with Crippen molar-refractivity contribution in [3.8, 4) is 0 Å². The van der Waals surface area contributed by atoms with E-state index in [0.29, 0.717) is 6.54 Å². The number of thiophene rings is 1. The fraction of sp³-hybridized carbons (Fsp3) is 0.381. The van der Waals surface area contributed by atoms with E-state index in [0.717, 1.165) is 48.0 Å². The number of aryl methyl sites for hydroxylation is 3. The van der Waals surface area contributed by atoms with Crippen molar-refractivity contribution < 1.29 is 4.79 Å². The van der Waals surface area contributed by atoms with Gasteiger partial charge in [-0.15, -0.1) is 11.3 Å². The molecule has 2 aromatic heterocycles. The molecule has 1 aromatic carbocycles. The summed E-state index contributed by atoms with van der Waals surface area (Å²) >= 11 is 1.64. The molecule has 1 aliphatic heterocycles. The van der Waals surface area contributed by atoms with Crippen LogP contribution < -0.4 is 10.5 Å². The van der Waals surface area contributed by atoms with Gasteiger partial charge in [0.15, 0.2) is 0 Å². The summed E-state index contributed by atoms with van der Waals surface area (Å²) in [4.78, 5) is 34.5. The number of carbonyl (C=O) groups excluding carboxylic acids is 1. The van der Waals surface area contributed by atoms with Crippen LogP contribution in [0.1, 0.15) is 35.3 Å². The summed E-state index contributed by atoms with van der Waals surface area (Å²) in [5.74, 6) is -0.0468. The summed E-state index contributed by atoms with van der Waals surface area (Å²) in [5.41, 5.74) is 3.27. The fourth-order valence-electron chi connectivity index (χ4n) is 4.32. The number of aromatic nitrogens is 2. The number of fused-ring (bicyclic) bond motifs is 4. The van der Waals surface area contributed by atoms with Crippen LogP contribution in [0.15, 0.2) is 35.4 Å². The van der Waals surface area contributed by atoms with Gasteiger partial charge in [-0.1, -0.05) is 18.2 Å². The Labute approximate surface area is 161 Å². The van der Waals surface area contributed by atoms with Gasteiger partial charge in [-0.05, 0) is 55.7 Å². The van der Waals surface area contributed by atoms with Gasteiger partial charge in [0.05, 0.1) is 11.7 Å². The Morgan fingerprint density at radius 1 is 1.11 bits per heavy atom. The molecule has 1 aliphatic carbocycles. The Morgan fingerprint density at radius 2 is 1.96 bits per heavy atom. The van der Waals surface area contributed by atoms with Crippen LogP contribution >= 0.6 is 11.3 Å². The van der Waals surface area contributed by atoms with E-state index < -0.39 is 0 Å². The topological polar surface area (TPSA) is 55.2 Å². The maximum atomic E-state index is 13.1. The fourth-order valence-corrected chi connectivity index (χ4v) is 5.54. The molecule has 6 heteroatoms. The zero-order valence-corrected chi connectivity index (χ0v) is 15.9. The highest BCUT2D eigenvalue weighted by molar-refractivity contribution is 7.18. The van der Waals surface area contributed by atoms with Crippen molar-refractivity contribution in [2.75, 3.05) is 11.4 Å². The van der Waals surface area contributed by atoms with E-state index in [9.17, 15) is 9.59 Å². The number of amides is 1. The molecule has 5 nitrogen and oxygen atoms in total. The minimum Gasteiger partial charge on any atom is -0.311 e. The van der Waals surface area contributed by atoms with Crippen molar-refractivity contribution >= 4 is 33.1 Å². The summed E-state index contributed by atoms with van der Waals surface area (Å²) in [6.07, 6.45) is 7.78. The van der Waals surface area contributed by atoms with E-state index in [4.69, 9.17) is 0 Å². The summed E-state index contributed by atoms with van der Waals surface area (Å²) in [5, 5.41) is 0.740. The lowest BCUT2D eigenvalue weighted by atomic mass is 9.97. The molecule has 0 fully saturated rings.